The summed E-state index contributed by atoms with van der Waals surface area (Å²) < 4.78 is 73.9. The molecule has 6 aliphatic rings. The van der Waals surface area contributed by atoms with E-state index in [-0.39, 0.29) is 6.41 Å². The summed E-state index contributed by atoms with van der Waals surface area (Å²) in [6.07, 6.45) is -68.3. The summed E-state index contributed by atoms with van der Waals surface area (Å²) in [5, 5.41) is 244. The maximum absolute atomic E-state index is 13.5. The monoisotopic (exact) mass is 1350 g/mol. The van der Waals surface area contributed by atoms with Crippen molar-refractivity contribution in [2.75, 3.05) is 52.9 Å². The van der Waals surface area contributed by atoms with Crippen molar-refractivity contribution in [2.45, 2.75) is 228 Å². The summed E-state index contributed by atoms with van der Waals surface area (Å²) in [7, 11) is 0. The number of nitrogens with one attached hydrogen (secondary N) is 2. The lowest BCUT2D eigenvalue weighted by atomic mass is 9.90. The molecule has 0 radical (unpaired) electrons. The Balaban J connectivity index is 1.39. The molecule has 2 amide bonds. The average molecular weight is 1350 g/mol. The van der Waals surface area contributed by atoms with Crippen LogP contribution in [-0.4, -0.2) is 397 Å². The lowest BCUT2D eigenvalue weighted by Gasteiger charge is -2.52. The number of carboxylic acid groups (broad SMARTS) is 2. The number of esters is 1. The third-order valence-corrected chi connectivity index (χ3v) is 16.0. The van der Waals surface area contributed by atoms with Crippen molar-refractivity contribution in [3.63, 3.8) is 0 Å². The number of amides is 2. The number of aliphatic hydroxyl groups is 20. The molecule has 92 heavy (non-hydrogen) atoms. The van der Waals surface area contributed by atoms with E-state index in [1.807, 2.05) is 0 Å². The van der Waals surface area contributed by atoms with Crippen LogP contribution in [0, 0.1) is 0 Å². The Morgan fingerprint density at radius 1 is 0.511 bits per heavy atom. The summed E-state index contributed by atoms with van der Waals surface area (Å²) in [6.45, 7) is -6.64. The smallest absolute Gasteiger partial charge is 0.364 e. The number of carbonyl (C=O) groups excluding carboxylic acids is 3. The maximum atomic E-state index is 13.5. The fraction of sp³-hybridized carbons (Fsp3) is 0.900. The lowest BCUT2D eigenvalue weighted by molar-refractivity contribution is -0.407. The van der Waals surface area contributed by atoms with E-state index in [1.54, 1.807) is 0 Å². The fourth-order valence-electron chi connectivity index (χ4n) is 11.0. The topological polar surface area (TPSA) is 674 Å². The number of aliphatic hydroxyl groups excluding tert-OH is 20. The van der Waals surface area contributed by atoms with Crippen molar-refractivity contribution in [2.24, 2.45) is 0 Å². The van der Waals surface area contributed by atoms with Gasteiger partial charge in [-0.05, 0) is 0 Å². The van der Waals surface area contributed by atoms with Crippen LogP contribution in [0.5, 0.6) is 0 Å². The summed E-state index contributed by atoms with van der Waals surface area (Å²) >= 11 is 0. The Bertz CT molecular complexity index is 2370. The Kier molecular flexibility index (Phi) is 27.9. The Morgan fingerprint density at radius 3 is 1.43 bits per heavy atom. The predicted molar refractivity (Wildman–Crippen MR) is 279 cm³/mol. The van der Waals surface area contributed by atoms with Crippen LogP contribution in [0.25, 0.3) is 0 Å². The van der Waals surface area contributed by atoms with Crippen LogP contribution in [0.3, 0.4) is 0 Å². The van der Waals surface area contributed by atoms with Crippen LogP contribution in [0.2, 0.25) is 0 Å². The van der Waals surface area contributed by atoms with Crippen molar-refractivity contribution in [1.82, 2.24) is 10.6 Å². The molecule has 6 fully saturated rings. The van der Waals surface area contributed by atoms with Gasteiger partial charge in [0.05, 0.1) is 64.5 Å². The van der Waals surface area contributed by atoms with Gasteiger partial charge >= 0.3 is 17.9 Å². The van der Waals surface area contributed by atoms with Gasteiger partial charge in [-0.25, -0.2) is 9.59 Å². The van der Waals surface area contributed by atoms with Crippen molar-refractivity contribution in [1.29, 1.82) is 0 Å². The predicted octanol–water partition coefficient (Wildman–Crippen LogP) is -15.8. The number of hydrogen-bond acceptors (Lipinski definition) is 38. The molecular weight excluding hydrogens is 1270 g/mol. The van der Waals surface area contributed by atoms with E-state index in [9.17, 15) is 136 Å². The first kappa shape index (κ1) is 77.1. The Hall–Kier alpha value is -3.93. The van der Waals surface area contributed by atoms with Gasteiger partial charge in [-0.1, -0.05) is 0 Å². The molecule has 24 N–H and O–H groups in total. The van der Waals surface area contributed by atoms with Gasteiger partial charge in [0.25, 0.3) is 11.6 Å². The largest absolute Gasteiger partial charge is 0.477 e. The highest BCUT2D eigenvalue weighted by Crippen LogP contribution is 2.42. The molecule has 532 valence electrons. The molecule has 33 atom stereocenters. The van der Waals surface area contributed by atoms with E-state index in [2.05, 4.69) is 15.4 Å². The second kappa shape index (κ2) is 33.4. The van der Waals surface area contributed by atoms with Gasteiger partial charge in [0, 0.05) is 26.7 Å². The van der Waals surface area contributed by atoms with E-state index in [0.717, 1.165) is 13.8 Å². The molecule has 0 aliphatic carbocycles. The highest BCUT2D eigenvalue weighted by atomic mass is 16.8. The molecule has 0 aromatic carbocycles. The Morgan fingerprint density at radius 2 is 0.957 bits per heavy atom. The molecule has 0 aromatic rings. The van der Waals surface area contributed by atoms with Crippen LogP contribution < -0.4 is 10.6 Å². The van der Waals surface area contributed by atoms with Crippen molar-refractivity contribution >= 4 is 30.2 Å². The van der Waals surface area contributed by atoms with E-state index < -0.39 is 291 Å². The van der Waals surface area contributed by atoms with Crippen LogP contribution in [0.15, 0.2) is 0 Å². The van der Waals surface area contributed by atoms with E-state index in [4.69, 9.17) is 56.8 Å². The summed E-state index contributed by atoms with van der Waals surface area (Å²) in [6, 6.07) is -3.21. The zero-order valence-corrected chi connectivity index (χ0v) is 48.7. The molecule has 6 rings (SSSR count). The second-order valence-electron chi connectivity index (χ2n) is 22.4. The normalized spacial score (nSPS) is 43.5. The van der Waals surface area contributed by atoms with Crippen molar-refractivity contribution < 1.29 is 198 Å². The molecule has 0 aromatic heterocycles. The van der Waals surface area contributed by atoms with Gasteiger partial charge in [-0.3, -0.25) is 14.4 Å². The molecule has 6 heterocycles. The average Bonchev–Trinajstić information content (AvgIpc) is 0.765. The van der Waals surface area contributed by atoms with Crippen LogP contribution in [0.1, 0.15) is 26.7 Å². The van der Waals surface area contributed by atoms with Gasteiger partial charge in [-0.15, -0.1) is 0 Å². The molecular formula is C50H82N2O40. The van der Waals surface area contributed by atoms with Crippen LogP contribution >= 0.6 is 0 Å². The highest BCUT2D eigenvalue weighted by molar-refractivity contribution is 5.76. The first-order valence-electron chi connectivity index (χ1n) is 28.5. The minimum atomic E-state index is -3.48. The summed E-state index contributed by atoms with van der Waals surface area (Å²) in [5.74, 6) is -13.3. The minimum absolute atomic E-state index is 0.212. The number of carboxylic acids is 2. The van der Waals surface area contributed by atoms with E-state index >= 15 is 0 Å². The third kappa shape index (κ3) is 17.1. The number of hydrogen-bond donors (Lipinski definition) is 24. The van der Waals surface area contributed by atoms with Crippen molar-refractivity contribution in [3.05, 3.63) is 0 Å². The maximum Gasteiger partial charge on any atom is 0.364 e. The lowest BCUT2D eigenvalue weighted by Crippen LogP contribution is -2.72. The molecule has 0 spiro atoms. The SMILES string of the molecule is CC(=O)N[C@H]1[C@H](O[C@@H]2[C@H](O[C@]3(C(=O)O)C[C@H](O)[C@@H](O)[C@H]([C@H](O)[C@H](O)CO)O3)[C@@H](O)[C@H](O[C@H]3[C@H](O)[C@@H](O)[C@H](OC[C@@H](CO)NC=O)O[C@@H]3CO)O[C@@H]2CO)O[C@H](CO)[C@H](O)[C@@H]1O[C@@H]1O[C@H](CO)[C@H](O)[C@H](O[C@]2(C(=O)O)C[C@H](O)[C@@H](O)[C@H]([C@H](O)[C@H](O)COC(C)=O)O2)[C@H]1O. The van der Waals surface area contributed by atoms with Crippen molar-refractivity contribution in [3.8, 4) is 0 Å². The quantitative estimate of drug-likeness (QED) is 0.0235. The first-order chi connectivity index (χ1) is 43.3. The van der Waals surface area contributed by atoms with Crippen LogP contribution in [0.4, 0.5) is 0 Å². The zero-order chi connectivity index (χ0) is 68.6. The number of carbonyl (C=O) groups is 5. The molecule has 6 saturated heterocycles. The van der Waals surface area contributed by atoms with Gasteiger partial charge in [0.1, 0.15) is 153 Å². The number of aliphatic carboxylic acids is 2. The van der Waals surface area contributed by atoms with Gasteiger partial charge in [-0.2, -0.15) is 0 Å². The second-order valence-corrected chi connectivity index (χ2v) is 22.4. The summed E-state index contributed by atoms with van der Waals surface area (Å²) in [5.41, 5.74) is 0. The van der Waals surface area contributed by atoms with Gasteiger partial charge < -0.3 is 185 Å². The van der Waals surface area contributed by atoms with Crippen LogP contribution in [-0.2, 0) is 85.6 Å². The van der Waals surface area contributed by atoms with E-state index in [0.29, 0.717) is 0 Å². The fourth-order valence-corrected chi connectivity index (χ4v) is 11.0. The number of ether oxygens (including phenoxy) is 13. The summed E-state index contributed by atoms with van der Waals surface area (Å²) in [4.78, 5) is 62.2. The third-order valence-electron chi connectivity index (χ3n) is 16.0. The molecule has 42 nitrogen and oxygen atoms in total. The van der Waals surface area contributed by atoms with Gasteiger partial charge in [0.2, 0.25) is 12.3 Å². The van der Waals surface area contributed by atoms with Gasteiger partial charge in [0.15, 0.2) is 25.2 Å². The molecule has 0 saturated carbocycles. The molecule has 0 unspecified atom stereocenters. The molecule has 42 heteroatoms. The molecule has 0 bridgehead atoms. The Labute approximate surface area is 518 Å². The zero-order valence-electron chi connectivity index (χ0n) is 48.7. The standard InChI is InChI=1S/C50H82N2O40/c1-14(60)52-25-38(88-45-34(74)41(31(71)22(8-56)83-45)91-49(47(76)77)3-17(62)27(67)40(90-49)29(69)20(65)12-80-15(2)61)30(70)21(7-55)82-43(25)87-37-24(10-58)85-46(86-36-23(9-57)84-44(33(73)32(36)72)81-11-16(5-53)51-13-59)35(75)42(37)92-50(48(78)79)4-18(63)26(66)39(89-50)28(68)19(64)6-54/h13,16-46,53-58,62-75H,3-12H2,1-2H3,(H,51,59)(H,52,60)(H,76,77)(H,78,79)/t16-,17+,18+,19-,20-,21-,22-,23-,24-,25-,26-,27-,28-,29-,30+,31+,32-,33-,34-,35-,36-,37+,38-,39-,40-,41+,42-,43+,44-,45+,46+,49+,50+/m1/s1. The molecule has 6 aliphatic heterocycles. The first-order valence-corrected chi connectivity index (χ1v) is 28.5. The minimum Gasteiger partial charge on any atom is -0.477 e. The highest BCUT2D eigenvalue weighted by Gasteiger charge is 2.64. The van der Waals surface area contributed by atoms with E-state index in [1.165, 1.54) is 0 Å². The number of rotatable bonds is 30.